The Morgan fingerprint density at radius 2 is 1.94 bits per heavy atom. The predicted molar refractivity (Wildman–Crippen MR) is 64.9 cm³/mol. The molecule has 3 nitrogen and oxygen atoms in total. The van der Waals surface area contributed by atoms with E-state index in [4.69, 9.17) is 4.74 Å². The van der Waals surface area contributed by atoms with Crippen LogP contribution in [0.5, 0.6) is 5.75 Å². The van der Waals surface area contributed by atoms with Crippen molar-refractivity contribution in [1.29, 1.82) is 0 Å². The average Bonchev–Trinajstić information content (AvgIpc) is 2.26. The van der Waals surface area contributed by atoms with Crippen molar-refractivity contribution in [2.45, 2.75) is 13.3 Å². The topological polar surface area (TPSA) is 29.5 Å². The van der Waals surface area contributed by atoms with Crippen LogP contribution < -0.4 is 4.74 Å². The molecule has 0 atom stereocenters. The fourth-order valence-electron chi connectivity index (χ4n) is 1.57. The number of ketones is 1. The van der Waals surface area contributed by atoms with Gasteiger partial charge in [0.2, 0.25) is 0 Å². The van der Waals surface area contributed by atoms with Gasteiger partial charge >= 0.3 is 0 Å². The zero-order valence-corrected chi connectivity index (χ0v) is 10.2. The summed E-state index contributed by atoms with van der Waals surface area (Å²) in [6.07, 6.45) is 0.952. The predicted octanol–water partition coefficient (Wildman–Crippen LogP) is 1.76. The first-order valence-corrected chi connectivity index (χ1v) is 5.42. The Hall–Kier alpha value is -1.35. The van der Waals surface area contributed by atoms with E-state index in [2.05, 4.69) is 12.1 Å². The number of rotatable bonds is 6. The summed E-state index contributed by atoms with van der Waals surface area (Å²) in [5.74, 6) is 1.08. The van der Waals surface area contributed by atoms with Crippen molar-refractivity contribution in [3.63, 3.8) is 0 Å². The molecule has 0 aliphatic heterocycles. The minimum Gasteiger partial charge on any atom is -0.497 e. The van der Waals surface area contributed by atoms with Gasteiger partial charge in [-0.25, -0.2) is 0 Å². The second-order valence-electron chi connectivity index (χ2n) is 4.04. The van der Waals surface area contributed by atoms with E-state index in [1.165, 1.54) is 5.56 Å². The van der Waals surface area contributed by atoms with E-state index >= 15 is 0 Å². The number of nitrogens with zero attached hydrogens (tertiary/aromatic N) is 1. The van der Waals surface area contributed by atoms with E-state index in [0.717, 1.165) is 18.7 Å². The van der Waals surface area contributed by atoms with E-state index < -0.39 is 0 Å². The molecule has 0 amide bonds. The fraction of sp³-hybridized carbons (Fsp3) is 0.462. The maximum absolute atomic E-state index is 10.9. The Labute approximate surface area is 97.0 Å². The molecule has 0 saturated heterocycles. The number of ether oxygens (including phenoxy) is 1. The van der Waals surface area contributed by atoms with Crippen LogP contribution >= 0.6 is 0 Å². The molecule has 0 aromatic heterocycles. The average molecular weight is 221 g/mol. The summed E-state index contributed by atoms with van der Waals surface area (Å²) in [6, 6.07) is 8.03. The summed E-state index contributed by atoms with van der Waals surface area (Å²) >= 11 is 0. The summed E-state index contributed by atoms with van der Waals surface area (Å²) < 4.78 is 5.09. The summed E-state index contributed by atoms with van der Waals surface area (Å²) in [6.45, 7) is 3.03. The van der Waals surface area contributed by atoms with E-state index in [9.17, 15) is 4.79 Å². The summed E-state index contributed by atoms with van der Waals surface area (Å²) in [7, 11) is 3.63. The highest BCUT2D eigenvalue weighted by Gasteiger charge is 2.02. The third-order valence-electron chi connectivity index (χ3n) is 2.43. The molecule has 0 radical (unpaired) electrons. The van der Waals surface area contributed by atoms with E-state index in [1.54, 1.807) is 14.0 Å². The number of hydrogen-bond acceptors (Lipinski definition) is 3. The number of likely N-dealkylation sites (N-methyl/N-ethyl adjacent to an activating group) is 1. The smallest absolute Gasteiger partial charge is 0.143 e. The Balaban J connectivity index is 2.39. The van der Waals surface area contributed by atoms with E-state index in [-0.39, 0.29) is 5.78 Å². The van der Waals surface area contributed by atoms with Crippen LogP contribution in [0.25, 0.3) is 0 Å². The normalized spacial score (nSPS) is 10.5. The molecule has 1 aromatic carbocycles. The van der Waals surface area contributed by atoms with Gasteiger partial charge in [0, 0.05) is 6.54 Å². The van der Waals surface area contributed by atoms with Crippen molar-refractivity contribution >= 4 is 5.78 Å². The highest BCUT2D eigenvalue weighted by atomic mass is 16.5. The van der Waals surface area contributed by atoms with E-state index in [1.807, 2.05) is 24.1 Å². The third kappa shape index (κ3) is 4.45. The fourth-order valence-corrected chi connectivity index (χ4v) is 1.57. The van der Waals surface area contributed by atoms with Crippen LogP contribution in [-0.2, 0) is 11.2 Å². The van der Waals surface area contributed by atoms with Crippen LogP contribution in [0.15, 0.2) is 24.3 Å². The monoisotopic (exact) mass is 221 g/mol. The molecule has 0 saturated carbocycles. The molecule has 16 heavy (non-hydrogen) atoms. The van der Waals surface area contributed by atoms with Crippen LogP contribution in [-0.4, -0.2) is 37.9 Å². The Morgan fingerprint density at radius 1 is 1.31 bits per heavy atom. The van der Waals surface area contributed by atoms with Crippen LogP contribution in [0.1, 0.15) is 12.5 Å². The molecule has 0 aliphatic carbocycles. The molecule has 3 heteroatoms. The molecule has 0 spiro atoms. The van der Waals surface area contributed by atoms with Crippen molar-refractivity contribution in [3.8, 4) is 5.75 Å². The van der Waals surface area contributed by atoms with Gasteiger partial charge in [0.1, 0.15) is 11.5 Å². The SMILES string of the molecule is COc1ccc(CCN(C)CC(C)=O)cc1. The number of methoxy groups -OCH3 is 1. The minimum absolute atomic E-state index is 0.206. The molecule has 88 valence electrons. The van der Waals surface area contributed by atoms with Gasteiger partial charge in [-0.15, -0.1) is 0 Å². The zero-order valence-electron chi connectivity index (χ0n) is 10.2. The Bertz CT molecular complexity index is 332. The molecular formula is C13H19NO2. The summed E-state index contributed by atoms with van der Waals surface area (Å²) in [5, 5.41) is 0. The summed E-state index contributed by atoms with van der Waals surface area (Å²) in [5.41, 5.74) is 1.26. The molecule has 0 N–H and O–H groups in total. The van der Waals surface area contributed by atoms with Gasteiger partial charge in [0.25, 0.3) is 0 Å². The van der Waals surface area contributed by atoms with Gasteiger partial charge < -0.3 is 4.74 Å². The first-order chi connectivity index (χ1) is 7.61. The maximum atomic E-state index is 10.9. The zero-order chi connectivity index (χ0) is 12.0. The van der Waals surface area contributed by atoms with Crippen LogP contribution in [0.4, 0.5) is 0 Å². The van der Waals surface area contributed by atoms with Crippen molar-refractivity contribution in [3.05, 3.63) is 29.8 Å². The van der Waals surface area contributed by atoms with E-state index in [0.29, 0.717) is 6.54 Å². The number of Topliss-reactive ketones (excluding diaryl/α,β-unsaturated/α-hetero) is 1. The van der Waals surface area contributed by atoms with Gasteiger partial charge in [0.05, 0.1) is 13.7 Å². The first-order valence-electron chi connectivity index (χ1n) is 5.42. The molecule has 0 unspecified atom stereocenters. The van der Waals surface area contributed by atoms with Gasteiger partial charge in [-0.2, -0.15) is 0 Å². The summed E-state index contributed by atoms with van der Waals surface area (Å²) in [4.78, 5) is 12.9. The number of benzene rings is 1. The molecule has 1 aromatic rings. The quantitative estimate of drug-likeness (QED) is 0.733. The Kier molecular flexibility index (Phi) is 4.99. The van der Waals surface area contributed by atoms with Crippen molar-refractivity contribution < 1.29 is 9.53 Å². The minimum atomic E-state index is 0.206. The number of carbonyl (C=O) groups is 1. The molecule has 0 aliphatic rings. The first kappa shape index (κ1) is 12.7. The van der Waals surface area contributed by atoms with Crippen molar-refractivity contribution in [2.75, 3.05) is 27.2 Å². The van der Waals surface area contributed by atoms with Crippen LogP contribution in [0.3, 0.4) is 0 Å². The molecule has 1 rings (SSSR count). The maximum Gasteiger partial charge on any atom is 0.143 e. The largest absolute Gasteiger partial charge is 0.497 e. The second kappa shape index (κ2) is 6.28. The molecular weight excluding hydrogens is 202 g/mol. The second-order valence-corrected chi connectivity index (χ2v) is 4.04. The lowest BCUT2D eigenvalue weighted by molar-refractivity contribution is -0.117. The highest BCUT2D eigenvalue weighted by Crippen LogP contribution is 2.11. The van der Waals surface area contributed by atoms with Crippen LogP contribution in [0.2, 0.25) is 0 Å². The number of carbonyl (C=O) groups excluding carboxylic acids is 1. The lowest BCUT2D eigenvalue weighted by Gasteiger charge is -2.14. The third-order valence-corrected chi connectivity index (χ3v) is 2.43. The highest BCUT2D eigenvalue weighted by molar-refractivity contribution is 5.77. The lowest BCUT2D eigenvalue weighted by atomic mass is 10.1. The molecule has 0 bridgehead atoms. The standard InChI is InChI=1S/C13H19NO2/c1-11(15)10-14(2)9-8-12-4-6-13(16-3)7-5-12/h4-7H,8-10H2,1-3H3. The lowest BCUT2D eigenvalue weighted by Crippen LogP contribution is -2.26. The van der Waals surface area contributed by atoms with Gasteiger partial charge in [-0.05, 0) is 38.1 Å². The number of hydrogen-bond donors (Lipinski definition) is 0. The molecule has 0 fully saturated rings. The molecule has 0 heterocycles. The van der Waals surface area contributed by atoms with Gasteiger partial charge in [0.15, 0.2) is 0 Å². The van der Waals surface area contributed by atoms with Gasteiger partial charge in [-0.1, -0.05) is 12.1 Å². The Morgan fingerprint density at radius 3 is 2.44 bits per heavy atom. The van der Waals surface area contributed by atoms with Crippen molar-refractivity contribution in [2.24, 2.45) is 0 Å². The van der Waals surface area contributed by atoms with Crippen LogP contribution in [0, 0.1) is 0 Å². The van der Waals surface area contributed by atoms with Gasteiger partial charge in [-0.3, -0.25) is 9.69 Å². The van der Waals surface area contributed by atoms with Crippen molar-refractivity contribution in [1.82, 2.24) is 4.90 Å².